The number of unbranched alkanes of at least 4 members (excludes halogenated alkanes) is 1. The fourth-order valence-corrected chi connectivity index (χ4v) is 6.72. The molecule has 8 nitrogen and oxygen atoms in total. The van der Waals surface area contributed by atoms with Gasteiger partial charge in [0.25, 0.3) is 0 Å². The number of carbonyl (C=O) groups is 2. The van der Waals surface area contributed by atoms with Crippen LogP contribution in [0.1, 0.15) is 44.6 Å². The number of nitrogens with one attached hydrogen (secondary N) is 4. The molecule has 1 atom stereocenters. The molecule has 1 fully saturated rings. The van der Waals surface area contributed by atoms with Crippen LogP contribution in [-0.2, 0) is 9.59 Å². The number of amides is 2. The van der Waals surface area contributed by atoms with Crippen LogP contribution >= 0.6 is 21.6 Å². The minimum absolute atomic E-state index is 0.0625. The number of carbonyl (C=O) groups excluding carboxylic acids is 2. The van der Waals surface area contributed by atoms with Gasteiger partial charge in [-0.1, -0.05) is 58.3 Å². The predicted octanol–water partition coefficient (Wildman–Crippen LogP) is 4.24. The zero-order valence-corrected chi connectivity index (χ0v) is 22.2. The van der Waals surface area contributed by atoms with Crippen LogP contribution in [0.4, 0.5) is 11.6 Å². The summed E-state index contributed by atoms with van der Waals surface area (Å²) in [6, 6.07) is 9.81. The van der Waals surface area contributed by atoms with Gasteiger partial charge >= 0.3 is 0 Å². The van der Waals surface area contributed by atoms with Gasteiger partial charge in [0.15, 0.2) is 5.82 Å². The summed E-state index contributed by atoms with van der Waals surface area (Å²) < 4.78 is 0. The van der Waals surface area contributed by atoms with Gasteiger partial charge in [-0.15, -0.1) is 0 Å². The smallest absolute Gasteiger partial charge is 0.220 e. The van der Waals surface area contributed by atoms with E-state index in [0.717, 1.165) is 40.9 Å². The normalized spacial score (nSPS) is 15.0. The van der Waals surface area contributed by atoms with Crippen LogP contribution in [0.15, 0.2) is 30.3 Å². The fourth-order valence-electron chi connectivity index (χ4n) is 3.69. The highest BCUT2D eigenvalue weighted by atomic mass is 33.1. The number of aromatic nitrogens is 2. The van der Waals surface area contributed by atoms with Gasteiger partial charge in [0.2, 0.25) is 11.8 Å². The van der Waals surface area contributed by atoms with Crippen molar-refractivity contribution in [2.75, 3.05) is 42.6 Å². The predicted molar refractivity (Wildman–Crippen MR) is 148 cm³/mol. The molecular formula is C25H36N6O2S2. The maximum absolute atomic E-state index is 12.2. The summed E-state index contributed by atoms with van der Waals surface area (Å²) in [6.07, 6.45) is 5.15. The van der Waals surface area contributed by atoms with E-state index in [-0.39, 0.29) is 11.8 Å². The molecule has 0 radical (unpaired) electrons. The second kappa shape index (κ2) is 14.8. The van der Waals surface area contributed by atoms with Gasteiger partial charge in [0, 0.05) is 61.7 Å². The van der Waals surface area contributed by atoms with E-state index >= 15 is 0 Å². The zero-order chi connectivity index (χ0) is 24.9. The van der Waals surface area contributed by atoms with Gasteiger partial charge in [-0.05, 0) is 26.2 Å². The molecule has 0 spiro atoms. The molecule has 2 amide bonds. The lowest BCUT2D eigenvalue weighted by molar-refractivity contribution is -0.121. The molecule has 0 saturated carbocycles. The summed E-state index contributed by atoms with van der Waals surface area (Å²) >= 11 is 0. The molecule has 35 heavy (non-hydrogen) atoms. The van der Waals surface area contributed by atoms with Gasteiger partial charge in [-0.2, -0.15) is 0 Å². The maximum Gasteiger partial charge on any atom is 0.220 e. The summed E-state index contributed by atoms with van der Waals surface area (Å²) in [4.78, 5) is 32.7. The Hall–Kier alpha value is -2.46. The first-order chi connectivity index (χ1) is 17.0. The van der Waals surface area contributed by atoms with E-state index in [1.54, 1.807) is 0 Å². The molecule has 1 unspecified atom stereocenters. The van der Waals surface area contributed by atoms with Crippen molar-refractivity contribution in [3.8, 4) is 11.4 Å². The summed E-state index contributed by atoms with van der Waals surface area (Å²) in [7, 11) is 3.97. The van der Waals surface area contributed by atoms with Crippen LogP contribution in [0.5, 0.6) is 0 Å². The quantitative estimate of drug-likeness (QED) is 0.218. The Morgan fingerprint density at radius 3 is 2.29 bits per heavy atom. The molecule has 3 rings (SSSR count). The molecule has 0 aliphatic carbocycles. The van der Waals surface area contributed by atoms with Gasteiger partial charge < -0.3 is 21.3 Å². The molecule has 1 aromatic heterocycles. The molecule has 10 heteroatoms. The van der Waals surface area contributed by atoms with E-state index in [0.29, 0.717) is 38.4 Å². The van der Waals surface area contributed by atoms with E-state index < -0.39 is 0 Å². The summed E-state index contributed by atoms with van der Waals surface area (Å²) in [5.74, 6) is 3.36. The largest absolute Gasteiger partial charge is 0.368 e. The first kappa shape index (κ1) is 27.1. The molecule has 2 heterocycles. The highest BCUT2D eigenvalue weighted by molar-refractivity contribution is 8.77. The Kier molecular flexibility index (Phi) is 11.5. The summed E-state index contributed by atoms with van der Waals surface area (Å²) in [5.41, 5.74) is 1.81. The van der Waals surface area contributed by atoms with E-state index in [9.17, 15) is 9.59 Å². The highest BCUT2D eigenvalue weighted by Crippen LogP contribution is 2.39. The zero-order valence-electron chi connectivity index (χ0n) is 20.6. The summed E-state index contributed by atoms with van der Waals surface area (Å²) in [6.45, 7) is 5.62. The average molecular weight is 517 g/mol. The van der Waals surface area contributed by atoms with Gasteiger partial charge in [-0.25, -0.2) is 9.97 Å². The molecule has 1 aromatic carbocycles. The van der Waals surface area contributed by atoms with E-state index in [4.69, 9.17) is 9.97 Å². The maximum atomic E-state index is 12.2. The standard InChI is InChI=1S/C25H36N6O2S2/c1-18-23(28-15-13-26-19(2)32)30-25(20-8-4-3-5-9-20)31-24(18)29-16-14-27-22(33)11-7-6-10-21-12-17-34-35-21/h3-5,8-9,21H,6-7,10-17H2,1-2H3,(H,26,32)(H,27,33)(H2,28,29,30,31). The van der Waals surface area contributed by atoms with Crippen molar-refractivity contribution in [2.24, 2.45) is 0 Å². The third-order valence-corrected chi connectivity index (χ3v) is 8.62. The van der Waals surface area contributed by atoms with Crippen molar-refractivity contribution in [3.63, 3.8) is 0 Å². The number of benzene rings is 1. The Morgan fingerprint density at radius 2 is 1.66 bits per heavy atom. The second-order valence-electron chi connectivity index (χ2n) is 8.50. The van der Waals surface area contributed by atoms with Crippen LogP contribution < -0.4 is 21.3 Å². The molecule has 190 valence electrons. The van der Waals surface area contributed by atoms with Crippen LogP contribution in [0.2, 0.25) is 0 Å². The molecule has 4 N–H and O–H groups in total. The lowest BCUT2D eigenvalue weighted by Gasteiger charge is -2.16. The van der Waals surface area contributed by atoms with Crippen LogP contribution in [0.3, 0.4) is 0 Å². The number of hydrogen-bond donors (Lipinski definition) is 4. The van der Waals surface area contributed by atoms with Crippen molar-refractivity contribution < 1.29 is 9.59 Å². The van der Waals surface area contributed by atoms with Crippen molar-refractivity contribution in [2.45, 2.75) is 51.2 Å². The minimum atomic E-state index is -0.0625. The summed E-state index contributed by atoms with van der Waals surface area (Å²) in [5, 5.41) is 13.2. The molecular weight excluding hydrogens is 480 g/mol. The van der Waals surface area contributed by atoms with Crippen molar-refractivity contribution in [1.29, 1.82) is 0 Å². The number of rotatable bonds is 14. The first-order valence-corrected chi connectivity index (χ1v) is 14.6. The molecule has 1 aliphatic rings. The molecule has 2 aromatic rings. The van der Waals surface area contributed by atoms with Gasteiger partial charge in [0.1, 0.15) is 11.6 Å². The van der Waals surface area contributed by atoms with E-state index in [1.807, 2.05) is 58.8 Å². The molecule has 1 saturated heterocycles. The second-order valence-corrected chi connectivity index (χ2v) is 11.3. The third kappa shape index (κ3) is 9.60. The van der Waals surface area contributed by atoms with Crippen molar-refractivity contribution in [3.05, 3.63) is 35.9 Å². The Labute approximate surface area is 216 Å². The Bertz CT molecular complexity index is 954. The lowest BCUT2D eigenvalue weighted by atomic mass is 10.1. The first-order valence-electron chi connectivity index (χ1n) is 12.2. The Balaban J connectivity index is 1.49. The average Bonchev–Trinajstić information content (AvgIpc) is 3.38. The number of anilines is 2. The SMILES string of the molecule is CC(=O)NCCNc1nc(-c2ccccc2)nc(NCCNC(=O)CCCCC2CCSS2)c1C. The van der Waals surface area contributed by atoms with Gasteiger partial charge in [-0.3, -0.25) is 9.59 Å². The topological polar surface area (TPSA) is 108 Å². The van der Waals surface area contributed by atoms with Gasteiger partial charge in [0.05, 0.1) is 0 Å². The van der Waals surface area contributed by atoms with E-state index in [1.165, 1.54) is 25.5 Å². The van der Waals surface area contributed by atoms with E-state index in [2.05, 4.69) is 21.3 Å². The number of hydrogen-bond acceptors (Lipinski definition) is 8. The number of nitrogens with zero attached hydrogens (tertiary/aromatic N) is 2. The molecule has 1 aliphatic heterocycles. The fraction of sp³-hybridized carbons (Fsp3) is 0.520. The van der Waals surface area contributed by atoms with Crippen molar-refractivity contribution >= 4 is 45.0 Å². The van der Waals surface area contributed by atoms with Crippen molar-refractivity contribution in [1.82, 2.24) is 20.6 Å². The van der Waals surface area contributed by atoms with Crippen LogP contribution in [0.25, 0.3) is 11.4 Å². The molecule has 0 bridgehead atoms. The third-order valence-electron chi connectivity index (χ3n) is 5.62. The monoisotopic (exact) mass is 516 g/mol. The minimum Gasteiger partial charge on any atom is -0.368 e. The lowest BCUT2D eigenvalue weighted by Crippen LogP contribution is -2.29. The Morgan fingerprint density at radius 1 is 0.971 bits per heavy atom. The highest BCUT2D eigenvalue weighted by Gasteiger charge is 2.16. The van der Waals surface area contributed by atoms with Crippen LogP contribution in [0, 0.1) is 6.92 Å². The van der Waals surface area contributed by atoms with Crippen LogP contribution in [-0.4, -0.2) is 59.0 Å².